The molecule has 0 saturated heterocycles. The number of carboxylic acid groups (broad SMARTS) is 1. The summed E-state index contributed by atoms with van der Waals surface area (Å²) in [5.74, 6) is -0.996. The third-order valence-electron chi connectivity index (χ3n) is 2.92. The summed E-state index contributed by atoms with van der Waals surface area (Å²) >= 11 is 0. The molecule has 0 aliphatic heterocycles. The van der Waals surface area contributed by atoms with Crippen LogP contribution in [-0.2, 0) is 6.54 Å². The summed E-state index contributed by atoms with van der Waals surface area (Å²) in [6, 6.07) is 13.5. The standard InChI is InChI=1S/C15H16N2O2/c1-2-17(13-6-4-3-5-7-13)11-12-8-9-16-14(10-12)15(18)19/h3-10H,2,11H2,1H3,(H,18,19). The molecule has 0 atom stereocenters. The van der Waals surface area contributed by atoms with Crippen molar-refractivity contribution < 1.29 is 9.90 Å². The van der Waals surface area contributed by atoms with Crippen molar-refractivity contribution in [3.63, 3.8) is 0 Å². The number of anilines is 1. The second kappa shape index (κ2) is 6.00. The first-order valence-corrected chi connectivity index (χ1v) is 6.19. The van der Waals surface area contributed by atoms with E-state index in [2.05, 4.69) is 16.8 Å². The van der Waals surface area contributed by atoms with Gasteiger partial charge in [-0.05, 0) is 36.8 Å². The maximum Gasteiger partial charge on any atom is 0.354 e. The molecule has 1 N–H and O–H groups in total. The lowest BCUT2D eigenvalue weighted by Crippen LogP contribution is -2.22. The van der Waals surface area contributed by atoms with Crippen molar-refractivity contribution in [2.45, 2.75) is 13.5 Å². The van der Waals surface area contributed by atoms with Gasteiger partial charge in [-0.25, -0.2) is 9.78 Å². The first kappa shape index (κ1) is 13.1. The van der Waals surface area contributed by atoms with Gasteiger partial charge in [-0.1, -0.05) is 18.2 Å². The van der Waals surface area contributed by atoms with Crippen LogP contribution in [0, 0.1) is 0 Å². The van der Waals surface area contributed by atoms with Crippen LogP contribution in [0.3, 0.4) is 0 Å². The number of hydrogen-bond acceptors (Lipinski definition) is 3. The van der Waals surface area contributed by atoms with Crippen LogP contribution in [0.5, 0.6) is 0 Å². The summed E-state index contributed by atoms with van der Waals surface area (Å²) < 4.78 is 0. The molecule has 4 heteroatoms. The average molecular weight is 256 g/mol. The lowest BCUT2D eigenvalue weighted by molar-refractivity contribution is 0.0690. The molecule has 0 bridgehead atoms. The Labute approximate surface area is 112 Å². The van der Waals surface area contributed by atoms with Crippen LogP contribution in [-0.4, -0.2) is 22.6 Å². The molecule has 2 aromatic rings. The Balaban J connectivity index is 2.19. The molecule has 4 nitrogen and oxygen atoms in total. The van der Waals surface area contributed by atoms with E-state index in [0.29, 0.717) is 6.54 Å². The summed E-state index contributed by atoms with van der Waals surface area (Å²) in [5, 5.41) is 8.94. The molecule has 0 aliphatic carbocycles. The van der Waals surface area contributed by atoms with Gasteiger partial charge < -0.3 is 10.0 Å². The van der Waals surface area contributed by atoms with Gasteiger partial charge in [-0.3, -0.25) is 0 Å². The van der Waals surface area contributed by atoms with E-state index in [1.165, 1.54) is 6.20 Å². The molecule has 2 rings (SSSR count). The number of para-hydroxylation sites is 1. The minimum absolute atomic E-state index is 0.0848. The van der Waals surface area contributed by atoms with Crippen LogP contribution in [0.2, 0.25) is 0 Å². The van der Waals surface area contributed by atoms with Gasteiger partial charge in [0.15, 0.2) is 0 Å². The quantitative estimate of drug-likeness (QED) is 0.893. The summed E-state index contributed by atoms with van der Waals surface area (Å²) in [4.78, 5) is 16.9. The number of benzene rings is 1. The lowest BCUT2D eigenvalue weighted by atomic mass is 10.2. The van der Waals surface area contributed by atoms with Gasteiger partial charge in [0.25, 0.3) is 0 Å². The minimum atomic E-state index is -0.996. The maximum atomic E-state index is 10.9. The van der Waals surface area contributed by atoms with Crippen molar-refractivity contribution >= 4 is 11.7 Å². The molecule has 1 heterocycles. The SMILES string of the molecule is CCN(Cc1ccnc(C(=O)O)c1)c1ccccc1. The van der Waals surface area contributed by atoms with E-state index in [-0.39, 0.29) is 5.69 Å². The molecule has 0 fully saturated rings. The second-order valence-corrected chi connectivity index (χ2v) is 4.20. The zero-order valence-electron chi connectivity index (χ0n) is 10.8. The largest absolute Gasteiger partial charge is 0.477 e. The molecule has 1 aromatic carbocycles. The van der Waals surface area contributed by atoms with Crippen molar-refractivity contribution in [1.82, 2.24) is 4.98 Å². The monoisotopic (exact) mass is 256 g/mol. The zero-order valence-corrected chi connectivity index (χ0v) is 10.8. The molecular weight excluding hydrogens is 240 g/mol. The Kier molecular flexibility index (Phi) is 4.13. The fourth-order valence-corrected chi connectivity index (χ4v) is 1.93. The fourth-order valence-electron chi connectivity index (χ4n) is 1.93. The van der Waals surface area contributed by atoms with Gasteiger partial charge >= 0.3 is 5.97 Å². The summed E-state index contributed by atoms with van der Waals surface area (Å²) in [6.07, 6.45) is 1.54. The normalized spacial score (nSPS) is 10.2. The topological polar surface area (TPSA) is 53.4 Å². The average Bonchev–Trinajstić information content (AvgIpc) is 2.46. The number of aromatic nitrogens is 1. The summed E-state index contributed by atoms with van der Waals surface area (Å²) in [7, 11) is 0. The van der Waals surface area contributed by atoms with Gasteiger partial charge in [0.2, 0.25) is 0 Å². The summed E-state index contributed by atoms with van der Waals surface area (Å²) in [6.45, 7) is 3.60. The first-order valence-electron chi connectivity index (χ1n) is 6.19. The highest BCUT2D eigenvalue weighted by Crippen LogP contribution is 2.16. The molecular formula is C15H16N2O2. The molecule has 0 unspecified atom stereocenters. The van der Waals surface area contributed by atoms with Crippen molar-refractivity contribution in [3.05, 3.63) is 59.9 Å². The van der Waals surface area contributed by atoms with Crippen molar-refractivity contribution in [2.24, 2.45) is 0 Å². The predicted molar refractivity (Wildman–Crippen MR) is 74.4 cm³/mol. The fraction of sp³-hybridized carbons (Fsp3) is 0.200. The maximum absolute atomic E-state index is 10.9. The Bertz CT molecular complexity index is 555. The Morgan fingerprint density at radius 3 is 2.63 bits per heavy atom. The van der Waals surface area contributed by atoms with E-state index in [4.69, 9.17) is 5.11 Å². The van der Waals surface area contributed by atoms with Crippen LogP contribution in [0.15, 0.2) is 48.7 Å². The molecule has 0 spiro atoms. The molecule has 0 saturated carbocycles. The number of hydrogen-bond donors (Lipinski definition) is 1. The van der Waals surface area contributed by atoms with E-state index >= 15 is 0 Å². The molecule has 19 heavy (non-hydrogen) atoms. The van der Waals surface area contributed by atoms with Crippen LogP contribution in [0.25, 0.3) is 0 Å². The van der Waals surface area contributed by atoms with Crippen molar-refractivity contribution in [2.75, 3.05) is 11.4 Å². The number of rotatable bonds is 5. The first-order chi connectivity index (χ1) is 9.20. The van der Waals surface area contributed by atoms with Crippen LogP contribution in [0.4, 0.5) is 5.69 Å². The zero-order chi connectivity index (χ0) is 13.7. The molecule has 1 aromatic heterocycles. The van der Waals surface area contributed by atoms with Crippen molar-refractivity contribution in [3.8, 4) is 0 Å². The number of nitrogens with zero attached hydrogens (tertiary/aromatic N) is 2. The number of carbonyl (C=O) groups is 1. The van der Waals surface area contributed by atoms with Gasteiger partial charge in [-0.15, -0.1) is 0 Å². The van der Waals surface area contributed by atoms with Crippen LogP contribution in [0.1, 0.15) is 23.0 Å². The summed E-state index contributed by atoms with van der Waals surface area (Å²) in [5.41, 5.74) is 2.15. The molecule has 0 amide bonds. The molecule has 0 aliphatic rings. The van der Waals surface area contributed by atoms with E-state index in [9.17, 15) is 4.79 Å². The highest BCUT2D eigenvalue weighted by molar-refractivity contribution is 5.85. The minimum Gasteiger partial charge on any atom is -0.477 e. The van der Waals surface area contributed by atoms with Gasteiger partial charge in [-0.2, -0.15) is 0 Å². The lowest BCUT2D eigenvalue weighted by Gasteiger charge is -2.23. The third-order valence-corrected chi connectivity index (χ3v) is 2.92. The van der Waals surface area contributed by atoms with E-state index in [0.717, 1.165) is 17.8 Å². The van der Waals surface area contributed by atoms with Crippen LogP contribution < -0.4 is 4.90 Å². The smallest absolute Gasteiger partial charge is 0.354 e. The molecule has 0 radical (unpaired) electrons. The van der Waals surface area contributed by atoms with E-state index < -0.39 is 5.97 Å². The van der Waals surface area contributed by atoms with Crippen molar-refractivity contribution in [1.29, 1.82) is 0 Å². The third kappa shape index (κ3) is 3.31. The Morgan fingerprint density at radius 1 is 1.26 bits per heavy atom. The highest BCUT2D eigenvalue weighted by atomic mass is 16.4. The molecule has 98 valence electrons. The second-order valence-electron chi connectivity index (χ2n) is 4.20. The number of aromatic carboxylic acids is 1. The predicted octanol–water partition coefficient (Wildman–Crippen LogP) is 2.81. The number of carboxylic acids is 1. The number of pyridine rings is 1. The van der Waals surface area contributed by atoms with Crippen LogP contribution >= 0.6 is 0 Å². The van der Waals surface area contributed by atoms with Gasteiger partial charge in [0.1, 0.15) is 5.69 Å². The van der Waals surface area contributed by atoms with E-state index in [1.54, 1.807) is 6.07 Å². The van der Waals surface area contributed by atoms with Gasteiger partial charge in [0.05, 0.1) is 0 Å². The Hall–Kier alpha value is -2.36. The van der Waals surface area contributed by atoms with E-state index in [1.807, 2.05) is 36.4 Å². The Morgan fingerprint density at radius 2 is 2.00 bits per heavy atom. The highest BCUT2D eigenvalue weighted by Gasteiger charge is 2.08. The van der Waals surface area contributed by atoms with Gasteiger partial charge in [0, 0.05) is 25.0 Å².